The Labute approximate surface area is 129 Å². The summed E-state index contributed by atoms with van der Waals surface area (Å²) in [6.45, 7) is 0.637. The molecule has 0 radical (unpaired) electrons. The molecule has 0 spiro atoms. The molecule has 0 atom stereocenters. The Kier molecular flexibility index (Phi) is 4.27. The molecule has 3 rings (SSSR count). The monoisotopic (exact) mass is 297 g/mol. The topological polar surface area (TPSA) is 71.0 Å². The van der Waals surface area contributed by atoms with E-state index in [0.717, 1.165) is 24.8 Å². The molecule has 6 nitrogen and oxygen atoms in total. The molecule has 0 saturated heterocycles. The van der Waals surface area contributed by atoms with E-state index in [1.807, 2.05) is 12.1 Å². The summed E-state index contributed by atoms with van der Waals surface area (Å²) in [5.74, 6) is 0.450. The number of carbonyl (C=O) groups excluding carboxylic acids is 1. The highest BCUT2D eigenvalue weighted by Crippen LogP contribution is 2.22. The van der Waals surface area contributed by atoms with Crippen molar-refractivity contribution < 1.29 is 4.79 Å². The molecule has 0 unspecified atom stereocenters. The zero-order valence-electron chi connectivity index (χ0n) is 12.6. The molecule has 2 heterocycles. The van der Waals surface area contributed by atoms with E-state index >= 15 is 0 Å². The maximum absolute atomic E-state index is 12.4. The van der Waals surface area contributed by atoms with Gasteiger partial charge in [0.2, 0.25) is 5.95 Å². The van der Waals surface area contributed by atoms with E-state index in [0.29, 0.717) is 24.2 Å². The van der Waals surface area contributed by atoms with Gasteiger partial charge in [-0.2, -0.15) is 0 Å². The summed E-state index contributed by atoms with van der Waals surface area (Å²) in [4.78, 5) is 26.5. The molecule has 0 bridgehead atoms. The predicted molar refractivity (Wildman–Crippen MR) is 83.6 cm³/mol. The summed E-state index contributed by atoms with van der Waals surface area (Å²) < 4.78 is 0. The predicted octanol–water partition coefficient (Wildman–Crippen LogP) is 1.76. The summed E-state index contributed by atoms with van der Waals surface area (Å²) in [5.41, 5.74) is 1.59. The fraction of sp³-hybridized carbons (Fsp3) is 0.375. The normalized spacial score (nSPS) is 13.7. The van der Waals surface area contributed by atoms with Gasteiger partial charge < -0.3 is 10.2 Å². The van der Waals surface area contributed by atoms with Crippen molar-refractivity contribution in [3.05, 3.63) is 48.0 Å². The van der Waals surface area contributed by atoms with Crippen molar-refractivity contribution in [1.29, 1.82) is 0 Å². The molecule has 1 N–H and O–H groups in total. The van der Waals surface area contributed by atoms with Crippen LogP contribution in [0.1, 0.15) is 28.9 Å². The second-order valence-electron chi connectivity index (χ2n) is 5.52. The van der Waals surface area contributed by atoms with Crippen molar-refractivity contribution in [2.75, 3.05) is 18.9 Å². The van der Waals surface area contributed by atoms with Crippen LogP contribution in [0.3, 0.4) is 0 Å². The van der Waals surface area contributed by atoms with E-state index in [2.05, 4.69) is 20.3 Å². The van der Waals surface area contributed by atoms with E-state index in [1.165, 1.54) is 0 Å². The van der Waals surface area contributed by atoms with Crippen molar-refractivity contribution >= 4 is 11.9 Å². The van der Waals surface area contributed by atoms with Crippen LogP contribution in [0.5, 0.6) is 0 Å². The zero-order valence-corrected chi connectivity index (χ0v) is 12.6. The Morgan fingerprint density at radius 3 is 2.77 bits per heavy atom. The zero-order chi connectivity index (χ0) is 15.4. The lowest BCUT2D eigenvalue weighted by Gasteiger charge is -2.17. The van der Waals surface area contributed by atoms with Crippen LogP contribution < -0.4 is 5.32 Å². The highest BCUT2D eigenvalue weighted by Gasteiger charge is 2.22. The van der Waals surface area contributed by atoms with Gasteiger partial charge in [-0.3, -0.25) is 9.78 Å². The van der Waals surface area contributed by atoms with Crippen molar-refractivity contribution in [1.82, 2.24) is 19.9 Å². The number of carbonyl (C=O) groups is 1. The van der Waals surface area contributed by atoms with Crippen LogP contribution in [0.2, 0.25) is 0 Å². The van der Waals surface area contributed by atoms with Gasteiger partial charge in [-0.15, -0.1) is 0 Å². The minimum atomic E-state index is -0.0877. The second-order valence-corrected chi connectivity index (χ2v) is 5.52. The van der Waals surface area contributed by atoms with Crippen molar-refractivity contribution in [2.24, 2.45) is 0 Å². The Bertz CT molecular complexity index is 642. The lowest BCUT2D eigenvalue weighted by molar-refractivity contribution is 0.0791. The number of hydrogen-bond donors (Lipinski definition) is 1. The molecule has 1 amide bonds. The van der Waals surface area contributed by atoms with Gasteiger partial charge in [0, 0.05) is 38.2 Å². The molecule has 1 aliphatic carbocycles. The highest BCUT2D eigenvalue weighted by atomic mass is 16.2. The van der Waals surface area contributed by atoms with Crippen molar-refractivity contribution in [3.8, 4) is 0 Å². The van der Waals surface area contributed by atoms with Gasteiger partial charge >= 0.3 is 0 Å². The fourth-order valence-corrected chi connectivity index (χ4v) is 2.10. The first kappa shape index (κ1) is 14.4. The van der Waals surface area contributed by atoms with E-state index in [1.54, 1.807) is 36.6 Å². The average Bonchev–Trinajstić information content (AvgIpc) is 3.37. The number of amides is 1. The Balaban J connectivity index is 1.59. The number of likely N-dealkylation sites (N-methyl/N-ethyl adjacent to an activating group) is 1. The van der Waals surface area contributed by atoms with Gasteiger partial charge in [0.15, 0.2) is 0 Å². The molecule has 22 heavy (non-hydrogen) atoms. The van der Waals surface area contributed by atoms with Crippen molar-refractivity contribution in [2.45, 2.75) is 25.3 Å². The molecular weight excluding hydrogens is 278 g/mol. The van der Waals surface area contributed by atoms with E-state index in [9.17, 15) is 4.79 Å². The third-order valence-electron chi connectivity index (χ3n) is 3.62. The maximum Gasteiger partial charge on any atom is 0.272 e. The SMILES string of the molecule is CN(CCc1ccncc1)C(=O)c1ccnc(NC2CC2)n1. The average molecular weight is 297 g/mol. The largest absolute Gasteiger partial charge is 0.351 e. The number of nitrogens with zero attached hydrogens (tertiary/aromatic N) is 4. The van der Waals surface area contributed by atoms with Crippen LogP contribution in [-0.4, -0.2) is 45.4 Å². The smallest absolute Gasteiger partial charge is 0.272 e. The van der Waals surface area contributed by atoms with Gasteiger partial charge in [0.1, 0.15) is 5.69 Å². The first-order valence-corrected chi connectivity index (χ1v) is 7.46. The Morgan fingerprint density at radius 1 is 1.27 bits per heavy atom. The molecule has 114 valence electrons. The molecule has 1 fully saturated rings. The molecule has 6 heteroatoms. The van der Waals surface area contributed by atoms with Crippen LogP contribution >= 0.6 is 0 Å². The number of anilines is 1. The molecule has 1 saturated carbocycles. The summed E-state index contributed by atoms with van der Waals surface area (Å²) in [6.07, 6.45) is 8.24. The van der Waals surface area contributed by atoms with E-state index in [4.69, 9.17) is 0 Å². The number of hydrogen-bond acceptors (Lipinski definition) is 5. The lowest BCUT2D eigenvalue weighted by Crippen LogP contribution is -2.29. The Hall–Kier alpha value is -2.50. The number of pyridine rings is 1. The molecular formula is C16H19N5O. The van der Waals surface area contributed by atoms with Crippen molar-refractivity contribution in [3.63, 3.8) is 0 Å². The molecule has 1 aliphatic rings. The summed E-state index contributed by atoms with van der Waals surface area (Å²) in [6, 6.07) is 6.04. The second kappa shape index (κ2) is 6.51. The quantitative estimate of drug-likeness (QED) is 0.879. The van der Waals surface area contributed by atoms with E-state index in [-0.39, 0.29) is 5.91 Å². The third-order valence-corrected chi connectivity index (χ3v) is 3.62. The summed E-state index contributed by atoms with van der Waals surface area (Å²) in [7, 11) is 1.79. The molecule has 2 aromatic heterocycles. The Morgan fingerprint density at radius 2 is 2.05 bits per heavy atom. The third kappa shape index (κ3) is 3.78. The summed E-state index contributed by atoms with van der Waals surface area (Å²) >= 11 is 0. The minimum Gasteiger partial charge on any atom is -0.351 e. The molecule has 0 aliphatic heterocycles. The first-order chi connectivity index (χ1) is 10.7. The van der Waals surface area contributed by atoms with Gasteiger partial charge in [0.25, 0.3) is 5.91 Å². The fourth-order valence-electron chi connectivity index (χ4n) is 2.10. The molecule has 2 aromatic rings. The maximum atomic E-state index is 12.4. The first-order valence-electron chi connectivity index (χ1n) is 7.46. The minimum absolute atomic E-state index is 0.0877. The van der Waals surface area contributed by atoms with E-state index < -0.39 is 0 Å². The van der Waals surface area contributed by atoms with Crippen LogP contribution in [0.25, 0.3) is 0 Å². The van der Waals surface area contributed by atoms with Crippen LogP contribution in [0.15, 0.2) is 36.8 Å². The number of rotatable bonds is 6. The molecule has 0 aromatic carbocycles. The van der Waals surface area contributed by atoms with Crippen LogP contribution in [0.4, 0.5) is 5.95 Å². The number of nitrogens with one attached hydrogen (secondary N) is 1. The number of aromatic nitrogens is 3. The highest BCUT2D eigenvalue weighted by molar-refractivity contribution is 5.92. The lowest BCUT2D eigenvalue weighted by atomic mass is 10.2. The van der Waals surface area contributed by atoms with Gasteiger partial charge in [-0.1, -0.05) is 0 Å². The van der Waals surface area contributed by atoms with Crippen LogP contribution in [-0.2, 0) is 6.42 Å². The van der Waals surface area contributed by atoms with Gasteiger partial charge in [0.05, 0.1) is 0 Å². The van der Waals surface area contributed by atoms with Gasteiger partial charge in [-0.05, 0) is 43.0 Å². The van der Waals surface area contributed by atoms with Crippen LogP contribution in [0, 0.1) is 0 Å². The standard InChI is InChI=1S/C16H19N5O/c1-21(11-7-12-4-8-17-9-5-12)15(22)14-6-10-18-16(20-14)19-13-2-3-13/h4-6,8-10,13H,2-3,7,11H2,1H3,(H,18,19,20). The van der Waals surface area contributed by atoms with Gasteiger partial charge in [-0.25, -0.2) is 9.97 Å². The summed E-state index contributed by atoms with van der Waals surface area (Å²) in [5, 5.41) is 3.21.